The second-order valence-electron chi connectivity index (χ2n) is 5.79. The number of nitrogens with one attached hydrogen (secondary N) is 2. The normalized spacial score (nSPS) is 10.9. The molecule has 0 saturated heterocycles. The van der Waals surface area contributed by atoms with Crippen LogP contribution in [-0.4, -0.2) is 21.4 Å². The molecular formula is C20H17ClN2O4S. The van der Waals surface area contributed by atoms with Crippen molar-refractivity contribution in [1.82, 2.24) is 0 Å². The first-order valence-electron chi connectivity index (χ1n) is 8.22. The van der Waals surface area contributed by atoms with E-state index in [2.05, 4.69) is 10.0 Å². The Morgan fingerprint density at radius 2 is 1.61 bits per heavy atom. The quantitative estimate of drug-likeness (QED) is 0.623. The van der Waals surface area contributed by atoms with E-state index < -0.39 is 15.9 Å². The highest BCUT2D eigenvalue weighted by molar-refractivity contribution is 7.92. The minimum atomic E-state index is -3.73. The molecule has 3 rings (SSSR count). The average Bonchev–Trinajstić information content (AvgIpc) is 2.69. The molecule has 6 nitrogen and oxygen atoms in total. The van der Waals surface area contributed by atoms with Crippen LogP contribution in [-0.2, 0) is 10.0 Å². The topological polar surface area (TPSA) is 84.5 Å². The van der Waals surface area contributed by atoms with E-state index in [9.17, 15) is 13.2 Å². The van der Waals surface area contributed by atoms with Gasteiger partial charge in [-0.2, -0.15) is 0 Å². The van der Waals surface area contributed by atoms with Crippen molar-refractivity contribution >= 4 is 38.9 Å². The Morgan fingerprint density at radius 3 is 2.25 bits per heavy atom. The number of hydrogen-bond acceptors (Lipinski definition) is 4. The third-order valence-electron chi connectivity index (χ3n) is 3.85. The molecule has 0 aliphatic heterocycles. The number of rotatable bonds is 6. The number of methoxy groups -OCH3 is 1. The van der Waals surface area contributed by atoms with Crippen molar-refractivity contribution in [2.24, 2.45) is 0 Å². The Hall–Kier alpha value is -3.03. The van der Waals surface area contributed by atoms with Gasteiger partial charge in [0.15, 0.2) is 0 Å². The molecule has 0 atom stereocenters. The Bertz CT molecular complexity index is 1080. The maximum atomic E-state index is 12.5. The largest absolute Gasteiger partial charge is 0.496 e. The highest BCUT2D eigenvalue weighted by Crippen LogP contribution is 2.24. The zero-order valence-electron chi connectivity index (χ0n) is 14.8. The summed E-state index contributed by atoms with van der Waals surface area (Å²) in [4.78, 5) is 12.6. The Labute approximate surface area is 168 Å². The molecule has 2 N–H and O–H groups in total. The molecule has 8 heteroatoms. The van der Waals surface area contributed by atoms with Crippen molar-refractivity contribution in [1.29, 1.82) is 0 Å². The SMILES string of the molecule is COc1ccc(Cl)cc1C(=O)Nc1ccc(S(=O)(=O)Nc2ccccc2)cc1. The van der Waals surface area contributed by atoms with Gasteiger partial charge in [-0.25, -0.2) is 8.42 Å². The summed E-state index contributed by atoms with van der Waals surface area (Å²) in [5.41, 5.74) is 1.18. The minimum absolute atomic E-state index is 0.0784. The van der Waals surface area contributed by atoms with Crippen LogP contribution in [0.15, 0.2) is 77.7 Å². The number of para-hydroxylation sites is 1. The van der Waals surface area contributed by atoms with Gasteiger partial charge in [-0.3, -0.25) is 9.52 Å². The molecule has 0 saturated carbocycles. The first-order valence-corrected chi connectivity index (χ1v) is 10.1. The Kier molecular flexibility index (Phi) is 5.87. The summed E-state index contributed by atoms with van der Waals surface area (Å²) >= 11 is 5.95. The summed E-state index contributed by atoms with van der Waals surface area (Å²) in [5, 5.41) is 3.10. The van der Waals surface area contributed by atoms with E-state index in [1.807, 2.05) is 0 Å². The lowest BCUT2D eigenvalue weighted by molar-refractivity contribution is 0.102. The zero-order chi connectivity index (χ0) is 20.1. The summed E-state index contributed by atoms with van der Waals surface area (Å²) in [5.74, 6) is -0.0365. The van der Waals surface area contributed by atoms with E-state index in [1.165, 1.54) is 37.4 Å². The lowest BCUT2D eigenvalue weighted by Gasteiger charge is -2.11. The van der Waals surface area contributed by atoms with Crippen molar-refractivity contribution in [2.45, 2.75) is 4.90 Å². The van der Waals surface area contributed by atoms with Crippen LogP contribution in [0.3, 0.4) is 0 Å². The summed E-state index contributed by atoms with van der Waals surface area (Å²) in [6.07, 6.45) is 0. The first-order chi connectivity index (χ1) is 13.4. The maximum absolute atomic E-state index is 12.5. The number of anilines is 2. The number of ether oxygens (including phenoxy) is 1. The molecule has 3 aromatic carbocycles. The molecule has 0 aliphatic carbocycles. The van der Waals surface area contributed by atoms with E-state index >= 15 is 0 Å². The van der Waals surface area contributed by atoms with Crippen LogP contribution in [0.1, 0.15) is 10.4 Å². The minimum Gasteiger partial charge on any atom is -0.496 e. The highest BCUT2D eigenvalue weighted by atomic mass is 35.5. The van der Waals surface area contributed by atoms with Gasteiger partial charge in [0.2, 0.25) is 0 Å². The molecule has 0 aliphatic rings. The van der Waals surface area contributed by atoms with E-state index in [4.69, 9.17) is 16.3 Å². The number of halogens is 1. The van der Waals surface area contributed by atoms with E-state index in [0.717, 1.165) is 0 Å². The molecule has 0 unspecified atom stereocenters. The standard InChI is InChI=1S/C20H17ClN2O4S/c1-27-19-12-7-14(21)13-18(19)20(24)22-15-8-10-17(11-9-15)28(25,26)23-16-5-3-2-4-6-16/h2-13,23H,1H3,(H,22,24). The summed E-state index contributed by atoms with van der Waals surface area (Å²) < 4.78 is 32.6. The lowest BCUT2D eigenvalue weighted by Crippen LogP contribution is -2.14. The molecule has 3 aromatic rings. The number of carbonyl (C=O) groups excluding carboxylic acids is 1. The number of carbonyl (C=O) groups is 1. The summed E-state index contributed by atoms with van der Waals surface area (Å²) in [6, 6.07) is 19.1. The Balaban J connectivity index is 1.76. The van der Waals surface area contributed by atoms with Crippen molar-refractivity contribution in [3.8, 4) is 5.75 Å². The smallest absolute Gasteiger partial charge is 0.261 e. The molecule has 0 fully saturated rings. The first kappa shape index (κ1) is 19.7. The van der Waals surface area contributed by atoms with Crippen molar-refractivity contribution in [3.63, 3.8) is 0 Å². The zero-order valence-corrected chi connectivity index (χ0v) is 16.4. The summed E-state index contributed by atoms with van der Waals surface area (Å²) in [7, 11) is -2.27. The van der Waals surface area contributed by atoms with Crippen LogP contribution in [0.4, 0.5) is 11.4 Å². The second kappa shape index (κ2) is 8.33. The van der Waals surface area contributed by atoms with Crippen LogP contribution in [0.5, 0.6) is 5.75 Å². The van der Waals surface area contributed by atoms with Gasteiger partial charge < -0.3 is 10.1 Å². The number of hydrogen-bond donors (Lipinski definition) is 2. The van der Waals surface area contributed by atoms with E-state index in [-0.39, 0.29) is 10.5 Å². The Morgan fingerprint density at radius 1 is 0.929 bits per heavy atom. The fraction of sp³-hybridized carbons (Fsp3) is 0.0500. The van der Waals surface area contributed by atoms with Gasteiger partial charge in [0.1, 0.15) is 5.75 Å². The highest BCUT2D eigenvalue weighted by Gasteiger charge is 2.16. The number of benzene rings is 3. The van der Waals surface area contributed by atoms with Gasteiger partial charge in [0, 0.05) is 16.4 Å². The van der Waals surface area contributed by atoms with Crippen LogP contribution < -0.4 is 14.8 Å². The summed E-state index contributed by atoms with van der Waals surface area (Å²) in [6.45, 7) is 0. The van der Waals surface area contributed by atoms with Crippen LogP contribution >= 0.6 is 11.6 Å². The van der Waals surface area contributed by atoms with Crippen molar-refractivity contribution < 1.29 is 17.9 Å². The van der Waals surface area contributed by atoms with Crippen LogP contribution in [0.25, 0.3) is 0 Å². The molecule has 0 heterocycles. The van der Waals surface area contributed by atoms with Crippen LogP contribution in [0, 0.1) is 0 Å². The van der Waals surface area contributed by atoms with Gasteiger partial charge in [-0.15, -0.1) is 0 Å². The number of sulfonamides is 1. The molecule has 1 amide bonds. The van der Waals surface area contributed by atoms with Crippen molar-refractivity contribution in [2.75, 3.05) is 17.1 Å². The van der Waals surface area contributed by atoms with Gasteiger partial charge in [-0.05, 0) is 54.6 Å². The van der Waals surface area contributed by atoms with Gasteiger partial charge in [-0.1, -0.05) is 29.8 Å². The van der Waals surface area contributed by atoms with Gasteiger partial charge in [0.25, 0.3) is 15.9 Å². The fourth-order valence-electron chi connectivity index (χ4n) is 2.49. The molecule has 28 heavy (non-hydrogen) atoms. The van der Waals surface area contributed by atoms with Gasteiger partial charge >= 0.3 is 0 Å². The molecule has 0 radical (unpaired) electrons. The molecule has 0 bridgehead atoms. The predicted octanol–water partition coefficient (Wildman–Crippen LogP) is 4.40. The number of amides is 1. The van der Waals surface area contributed by atoms with E-state index in [1.54, 1.807) is 42.5 Å². The average molecular weight is 417 g/mol. The predicted molar refractivity (Wildman–Crippen MR) is 110 cm³/mol. The molecular weight excluding hydrogens is 400 g/mol. The third-order valence-corrected chi connectivity index (χ3v) is 5.49. The molecule has 0 spiro atoms. The fourth-order valence-corrected chi connectivity index (χ4v) is 3.72. The monoisotopic (exact) mass is 416 g/mol. The van der Waals surface area contributed by atoms with Crippen LogP contribution in [0.2, 0.25) is 5.02 Å². The van der Waals surface area contributed by atoms with Gasteiger partial charge in [0.05, 0.1) is 17.6 Å². The van der Waals surface area contributed by atoms with E-state index in [0.29, 0.717) is 22.1 Å². The maximum Gasteiger partial charge on any atom is 0.261 e. The third kappa shape index (κ3) is 4.62. The second-order valence-corrected chi connectivity index (χ2v) is 7.91. The molecule has 0 aromatic heterocycles. The molecule has 144 valence electrons. The lowest BCUT2D eigenvalue weighted by atomic mass is 10.2. The van der Waals surface area contributed by atoms with Crippen molar-refractivity contribution in [3.05, 3.63) is 83.4 Å².